The number of carboxylic acid groups (broad SMARTS) is 1. The summed E-state index contributed by atoms with van der Waals surface area (Å²) in [6, 6.07) is 2.96. The van der Waals surface area contributed by atoms with Gasteiger partial charge in [-0.15, -0.1) is 0 Å². The van der Waals surface area contributed by atoms with Crippen molar-refractivity contribution in [3.63, 3.8) is 0 Å². The number of carboxylic acids is 1. The van der Waals surface area contributed by atoms with Crippen LogP contribution in [0.4, 0.5) is 14.9 Å². The fraction of sp³-hybridized carbons (Fsp3) is 0.273. The highest BCUT2D eigenvalue weighted by Crippen LogP contribution is 2.19. The molecule has 1 atom stereocenters. The molecule has 0 fully saturated rings. The number of aliphatic hydroxyl groups excluding tert-OH is 1. The molecule has 0 radical (unpaired) electrons. The van der Waals surface area contributed by atoms with Crippen molar-refractivity contribution in [3.8, 4) is 0 Å². The van der Waals surface area contributed by atoms with Crippen LogP contribution in [-0.2, 0) is 4.79 Å². The summed E-state index contributed by atoms with van der Waals surface area (Å²) < 4.78 is 13.3. The Morgan fingerprint density at radius 2 is 2.11 bits per heavy atom. The zero-order valence-electron chi connectivity index (χ0n) is 9.69. The zero-order chi connectivity index (χ0) is 14.4. The molecule has 0 aliphatic carbocycles. The summed E-state index contributed by atoms with van der Waals surface area (Å²) in [7, 11) is 0. The molecule has 0 saturated heterocycles. The summed E-state index contributed by atoms with van der Waals surface area (Å²) in [5, 5.41) is 22.1. The third-order valence-corrected chi connectivity index (χ3v) is 2.40. The second kappa shape index (κ2) is 6.91. The van der Waals surface area contributed by atoms with Crippen molar-refractivity contribution in [3.05, 3.63) is 29.0 Å². The van der Waals surface area contributed by atoms with E-state index in [0.717, 1.165) is 6.07 Å². The van der Waals surface area contributed by atoms with Crippen molar-refractivity contribution in [2.45, 2.75) is 12.5 Å². The molecule has 0 heterocycles. The molecule has 1 rings (SSSR count). The molecule has 8 heteroatoms. The number of amides is 2. The summed E-state index contributed by atoms with van der Waals surface area (Å²) in [5.41, 5.74) is -0.0937. The van der Waals surface area contributed by atoms with Crippen LogP contribution in [0, 0.1) is 5.82 Å². The number of aliphatic carboxylic acids is 1. The van der Waals surface area contributed by atoms with Crippen LogP contribution in [-0.4, -0.2) is 34.9 Å². The maximum absolute atomic E-state index is 13.3. The van der Waals surface area contributed by atoms with Gasteiger partial charge in [0.25, 0.3) is 0 Å². The van der Waals surface area contributed by atoms with Crippen LogP contribution >= 0.6 is 11.6 Å². The average Bonchev–Trinajstić information content (AvgIpc) is 2.33. The summed E-state index contributed by atoms with van der Waals surface area (Å²) in [6.45, 7) is -0.0680. The van der Waals surface area contributed by atoms with Crippen molar-refractivity contribution >= 4 is 29.3 Å². The van der Waals surface area contributed by atoms with Crippen molar-refractivity contribution in [1.29, 1.82) is 0 Å². The first-order chi connectivity index (χ1) is 8.90. The second-order valence-electron chi connectivity index (χ2n) is 3.65. The Morgan fingerprint density at radius 1 is 1.42 bits per heavy atom. The van der Waals surface area contributed by atoms with E-state index in [-0.39, 0.29) is 23.7 Å². The van der Waals surface area contributed by atoms with Crippen LogP contribution in [0.25, 0.3) is 0 Å². The van der Waals surface area contributed by atoms with Gasteiger partial charge >= 0.3 is 12.0 Å². The van der Waals surface area contributed by atoms with E-state index < -0.39 is 23.9 Å². The Balaban J connectivity index is 2.43. The van der Waals surface area contributed by atoms with Crippen LogP contribution in [0.3, 0.4) is 0 Å². The van der Waals surface area contributed by atoms with E-state index in [2.05, 4.69) is 10.6 Å². The van der Waals surface area contributed by atoms with Gasteiger partial charge in [-0.1, -0.05) is 11.6 Å². The normalized spacial score (nSPS) is 11.7. The van der Waals surface area contributed by atoms with Gasteiger partial charge in [0.1, 0.15) is 5.82 Å². The molecule has 0 aromatic heterocycles. The lowest BCUT2D eigenvalue weighted by molar-refractivity contribution is -0.146. The van der Waals surface area contributed by atoms with Crippen LogP contribution < -0.4 is 10.6 Å². The molecule has 0 spiro atoms. The predicted molar refractivity (Wildman–Crippen MR) is 66.7 cm³/mol. The van der Waals surface area contributed by atoms with E-state index in [1.807, 2.05) is 0 Å². The Bertz CT molecular complexity index is 484. The van der Waals surface area contributed by atoms with Crippen LogP contribution in [0.1, 0.15) is 6.42 Å². The highest BCUT2D eigenvalue weighted by Gasteiger charge is 2.13. The minimum Gasteiger partial charge on any atom is -0.479 e. The van der Waals surface area contributed by atoms with Crippen LogP contribution in [0.15, 0.2) is 18.2 Å². The Morgan fingerprint density at radius 3 is 2.74 bits per heavy atom. The minimum absolute atomic E-state index is 0.0680. The zero-order valence-corrected chi connectivity index (χ0v) is 10.4. The molecule has 0 saturated carbocycles. The molecule has 0 unspecified atom stereocenters. The van der Waals surface area contributed by atoms with Gasteiger partial charge in [-0.25, -0.2) is 14.0 Å². The number of nitrogens with one attached hydrogen (secondary N) is 2. The first kappa shape index (κ1) is 15.2. The van der Waals surface area contributed by atoms with E-state index in [9.17, 15) is 14.0 Å². The summed E-state index contributed by atoms with van der Waals surface area (Å²) in [5.74, 6) is -2.02. The van der Waals surface area contributed by atoms with Gasteiger partial charge in [0.15, 0.2) is 6.10 Å². The fourth-order valence-electron chi connectivity index (χ4n) is 1.21. The average molecular weight is 291 g/mol. The number of rotatable bonds is 5. The smallest absolute Gasteiger partial charge is 0.332 e. The molecule has 0 aliphatic heterocycles. The van der Waals surface area contributed by atoms with Crippen molar-refractivity contribution in [1.82, 2.24) is 5.32 Å². The molecule has 104 valence electrons. The first-order valence-corrected chi connectivity index (χ1v) is 5.68. The Labute approximate surface area is 113 Å². The van der Waals surface area contributed by atoms with Gasteiger partial charge in [0, 0.05) is 18.0 Å². The third-order valence-electron chi connectivity index (χ3n) is 2.16. The number of hydrogen-bond donors (Lipinski definition) is 4. The molecule has 0 bridgehead atoms. The predicted octanol–water partition coefficient (Wildman–Crippen LogP) is 1.44. The largest absolute Gasteiger partial charge is 0.479 e. The number of anilines is 1. The van der Waals surface area contributed by atoms with Crippen LogP contribution in [0.2, 0.25) is 5.02 Å². The molecule has 19 heavy (non-hydrogen) atoms. The SMILES string of the molecule is O=C(NCC[C@H](O)C(=O)O)Nc1cc(Cl)ccc1F. The molecule has 0 aliphatic rings. The maximum atomic E-state index is 13.3. The summed E-state index contributed by atoms with van der Waals surface area (Å²) in [6.07, 6.45) is -1.70. The molecule has 4 N–H and O–H groups in total. The van der Waals surface area contributed by atoms with E-state index in [0.29, 0.717) is 0 Å². The maximum Gasteiger partial charge on any atom is 0.332 e. The second-order valence-corrected chi connectivity index (χ2v) is 4.08. The van der Waals surface area contributed by atoms with Gasteiger partial charge in [0.05, 0.1) is 5.69 Å². The molecular weight excluding hydrogens is 279 g/mol. The highest BCUT2D eigenvalue weighted by atomic mass is 35.5. The van der Waals surface area contributed by atoms with Crippen molar-refractivity contribution < 1.29 is 24.2 Å². The van der Waals surface area contributed by atoms with Gasteiger partial charge < -0.3 is 20.8 Å². The van der Waals surface area contributed by atoms with E-state index >= 15 is 0 Å². The molecule has 6 nitrogen and oxygen atoms in total. The Kier molecular flexibility index (Phi) is 5.53. The van der Waals surface area contributed by atoms with Gasteiger partial charge in [-0.3, -0.25) is 0 Å². The van der Waals surface area contributed by atoms with E-state index in [1.54, 1.807) is 0 Å². The quantitative estimate of drug-likeness (QED) is 0.659. The monoisotopic (exact) mass is 290 g/mol. The summed E-state index contributed by atoms with van der Waals surface area (Å²) >= 11 is 5.64. The standard InChI is InChI=1S/C11H12ClFN2O4/c12-6-1-2-7(13)8(5-6)15-11(19)14-4-3-9(16)10(17)18/h1-2,5,9,16H,3-4H2,(H,17,18)(H2,14,15,19)/t9-/m0/s1. The van der Waals surface area contributed by atoms with Crippen molar-refractivity contribution in [2.24, 2.45) is 0 Å². The lowest BCUT2D eigenvalue weighted by atomic mass is 10.2. The number of carbonyl (C=O) groups excluding carboxylic acids is 1. The van der Waals surface area contributed by atoms with Gasteiger partial charge in [-0.05, 0) is 18.2 Å². The van der Waals surface area contributed by atoms with E-state index in [4.69, 9.17) is 21.8 Å². The third kappa shape index (κ3) is 5.11. The minimum atomic E-state index is -1.55. The van der Waals surface area contributed by atoms with Crippen LogP contribution in [0.5, 0.6) is 0 Å². The number of benzene rings is 1. The van der Waals surface area contributed by atoms with E-state index in [1.165, 1.54) is 12.1 Å². The van der Waals surface area contributed by atoms with Gasteiger partial charge in [0.2, 0.25) is 0 Å². The van der Waals surface area contributed by atoms with Crippen molar-refractivity contribution in [2.75, 3.05) is 11.9 Å². The Hall–Kier alpha value is -1.86. The number of halogens is 2. The summed E-state index contributed by atoms with van der Waals surface area (Å²) in [4.78, 5) is 21.7. The molecule has 1 aromatic carbocycles. The number of aliphatic hydroxyl groups is 1. The lowest BCUT2D eigenvalue weighted by Gasteiger charge is -2.09. The topological polar surface area (TPSA) is 98.7 Å². The number of hydrogen-bond acceptors (Lipinski definition) is 3. The fourth-order valence-corrected chi connectivity index (χ4v) is 1.38. The highest BCUT2D eigenvalue weighted by molar-refractivity contribution is 6.30. The first-order valence-electron chi connectivity index (χ1n) is 5.31. The van der Waals surface area contributed by atoms with Gasteiger partial charge in [-0.2, -0.15) is 0 Å². The lowest BCUT2D eigenvalue weighted by Crippen LogP contribution is -2.33. The molecular formula is C11H12ClFN2O4. The molecule has 1 aromatic rings. The number of carbonyl (C=O) groups is 2. The number of urea groups is 1. The molecule has 2 amide bonds.